The van der Waals surface area contributed by atoms with Gasteiger partial charge in [0.05, 0.1) is 6.04 Å². The second kappa shape index (κ2) is 5.51. The molecule has 0 spiro atoms. The normalized spacial score (nSPS) is 20.2. The number of aryl methyl sites for hydroxylation is 1. The Balaban J connectivity index is 2.16. The summed E-state index contributed by atoms with van der Waals surface area (Å²) in [4.78, 5) is 6.16. The van der Waals surface area contributed by atoms with E-state index in [0.717, 1.165) is 6.42 Å². The van der Waals surface area contributed by atoms with Crippen molar-refractivity contribution >= 4 is 17.3 Å². The average Bonchev–Trinajstić information content (AvgIpc) is 2.76. The van der Waals surface area contributed by atoms with Crippen LogP contribution < -0.4 is 16.6 Å². The van der Waals surface area contributed by atoms with Crippen LogP contribution in [0.25, 0.3) is 0 Å². The van der Waals surface area contributed by atoms with Crippen LogP contribution in [0.1, 0.15) is 43.2 Å². The van der Waals surface area contributed by atoms with Crippen LogP contribution in [-0.2, 0) is 6.42 Å². The summed E-state index contributed by atoms with van der Waals surface area (Å²) in [5, 5.41) is 5.37. The molecule has 1 aliphatic rings. The molecule has 0 saturated heterocycles. The fourth-order valence-corrected chi connectivity index (χ4v) is 3.12. The molecule has 0 fully saturated rings. The maximum Gasteiger partial charge on any atom is 0.206 e. The maximum absolute atomic E-state index is 5.49. The van der Waals surface area contributed by atoms with E-state index in [1.807, 2.05) is 11.3 Å². The number of nitrogens with one attached hydrogen (secondary N) is 2. The zero-order valence-electron chi connectivity index (χ0n) is 10.4. The Labute approximate surface area is 106 Å². The SMILES string of the molecule is CC(C)NC(=NC1CCCc2sccc21)NN. The van der Waals surface area contributed by atoms with Gasteiger partial charge in [0, 0.05) is 10.9 Å². The van der Waals surface area contributed by atoms with Crippen LogP contribution in [0.4, 0.5) is 0 Å². The minimum absolute atomic E-state index is 0.252. The first-order chi connectivity index (χ1) is 8.20. The van der Waals surface area contributed by atoms with E-state index in [-0.39, 0.29) is 6.04 Å². The zero-order chi connectivity index (χ0) is 12.3. The highest BCUT2D eigenvalue weighted by atomic mass is 32.1. The molecular weight excluding hydrogens is 232 g/mol. The van der Waals surface area contributed by atoms with E-state index < -0.39 is 0 Å². The highest BCUT2D eigenvalue weighted by Gasteiger charge is 2.21. The van der Waals surface area contributed by atoms with Gasteiger partial charge in [-0.3, -0.25) is 5.43 Å². The summed E-state index contributed by atoms with van der Waals surface area (Å²) >= 11 is 1.84. The van der Waals surface area contributed by atoms with Crippen molar-refractivity contribution in [1.82, 2.24) is 10.7 Å². The molecule has 0 aliphatic heterocycles. The van der Waals surface area contributed by atoms with E-state index in [9.17, 15) is 0 Å². The van der Waals surface area contributed by atoms with Crippen molar-refractivity contribution in [3.8, 4) is 0 Å². The number of hydrogen-bond acceptors (Lipinski definition) is 3. The van der Waals surface area contributed by atoms with Crippen molar-refractivity contribution in [2.45, 2.75) is 45.2 Å². The second-order valence-corrected chi connectivity index (χ2v) is 5.63. The summed E-state index contributed by atoms with van der Waals surface area (Å²) in [6.45, 7) is 4.15. The van der Waals surface area contributed by atoms with E-state index >= 15 is 0 Å². The third-order valence-corrected chi connectivity index (χ3v) is 3.86. The fourth-order valence-electron chi connectivity index (χ4n) is 2.14. The lowest BCUT2D eigenvalue weighted by Crippen LogP contribution is -2.44. The van der Waals surface area contributed by atoms with Gasteiger partial charge in [-0.25, -0.2) is 10.8 Å². The van der Waals surface area contributed by atoms with Crippen LogP contribution >= 0.6 is 11.3 Å². The Morgan fingerprint density at radius 3 is 3.12 bits per heavy atom. The molecule has 4 nitrogen and oxygen atoms in total. The van der Waals surface area contributed by atoms with Crippen LogP contribution in [0.5, 0.6) is 0 Å². The van der Waals surface area contributed by atoms with Crippen molar-refractivity contribution in [3.63, 3.8) is 0 Å². The molecule has 4 N–H and O–H groups in total. The average molecular weight is 252 g/mol. The molecule has 2 rings (SSSR count). The van der Waals surface area contributed by atoms with Crippen LogP contribution in [0.15, 0.2) is 16.4 Å². The molecule has 94 valence electrons. The molecule has 0 amide bonds. The van der Waals surface area contributed by atoms with Gasteiger partial charge in [0.15, 0.2) is 0 Å². The summed E-state index contributed by atoms with van der Waals surface area (Å²) in [6, 6.07) is 2.77. The van der Waals surface area contributed by atoms with Crippen molar-refractivity contribution in [3.05, 3.63) is 21.9 Å². The number of nitrogens with two attached hydrogens (primary N) is 1. The minimum Gasteiger partial charge on any atom is -0.353 e. The van der Waals surface area contributed by atoms with E-state index in [0.29, 0.717) is 12.0 Å². The fraction of sp³-hybridized carbons (Fsp3) is 0.583. The number of guanidine groups is 1. The molecular formula is C12H20N4S. The topological polar surface area (TPSA) is 62.4 Å². The molecule has 0 bridgehead atoms. The molecule has 1 aromatic rings. The van der Waals surface area contributed by atoms with Gasteiger partial charge in [-0.2, -0.15) is 0 Å². The van der Waals surface area contributed by atoms with Gasteiger partial charge >= 0.3 is 0 Å². The van der Waals surface area contributed by atoms with Gasteiger partial charge < -0.3 is 5.32 Å². The van der Waals surface area contributed by atoms with Gasteiger partial charge in [0.1, 0.15) is 0 Å². The van der Waals surface area contributed by atoms with Gasteiger partial charge in [-0.1, -0.05) is 0 Å². The first kappa shape index (κ1) is 12.4. The summed E-state index contributed by atoms with van der Waals surface area (Å²) in [5.74, 6) is 6.18. The third kappa shape index (κ3) is 2.98. The molecule has 0 aromatic carbocycles. The van der Waals surface area contributed by atoms with Crippen molar-refractivity contribution in [2.24, 2.45) is 10.8 Å². The first-order valence-electron chi connectivity index (χ1n) is 6.08. The Morgan fingerprint density at radius 2 is 2.41 bits per heavy atom. The van der Waals surface area contributed by atoms with Gasteiger partial charge in [-0.05, 0) is 50.1 Å². The van der Waals surface area contributed by atoms with E-state index in [1.54, 1.807) is 0 Å². The summed E-state index contributed by atoms with van der Waals surface area (Å²) < 4.78 is 0. The van der Waals surface area contributed by atoms with Crippen molar-refractivity contribution in [2.75, 3.05) is 0 Å². The number of nitrogens with zero attached hydrogens (tertiary/aromatic N) is 1. The maximum atomic E-state index is 5.49. The number of hydrazine groups is 1. The standard InChI is InChI=1S/C12H20N4S/c1-8(2)14-12(16-13)15-10-4-3-5-11-9(10)6-7-17-11/h6-8,10H,3-5,13H2,1-2H3,(H2,14,15,16). The second-order valence-electron chi connectivity index (χ2n) is 4.63. The third-order valence-electron chi connectivity index (χ3n) is 2.87. The Hall–Kier alpha value is -1.07. The highest BCUT2D eigenvalue weighted by molar-refractivity contribution is 7.10. The molecule has 1 atom stereocenters. The lowest BCUT2D eigenvalue weighted by atomic mass is 9.95. The Bertz CT molecular complexity index is 397. The number of thiophene rings is 1. The van der Waals surface area contributed by atoms with Crippen LogP contribution in [0.2, 0.25) is 0 Å². The predicted molar refractivity (Wildman–Crippen MR) is 73.0 cm³/mol. The van der Waals surface area contributed by atoms with Gasteiger partial charge in [-0.15, -0.1) is 11.3 Å². The monoisotopic (exact) mass is 252 g/mol. The van der Waals surface area contributed by atoms with Crippen LogP contribution in [0, 0.1) is 0 Å². The molecule has 1 aliphatic carbocycles. The largest absolute Gasteiger partial charge is 0.353 e. The first-order valence-corrected chi connectivity index (χ1v) is 6.96. The van der Waals surface area contributed by atoms with E-state index in [1.165, 1.54) is 23.3 Å². The predicted octanol–water partition coefficient (Wildman–Crippen LogP) is 1.94. The zero-order valence-corrected chi connectivity index (χ0v) is 11.2. The minimum atomic E-state index is 0.252. The molecule has 1 unspecified atom stereocenters. The number of aliphatic imine (C=N–C) groups is 1. The smallest absolute Gasteiger partial charge is 0.206 e. The Kier molecular flexibility index (Phi) is 4.02. The van der Waals surface area contributed by atoms with Gasteiger partial charge in [0.2, 0.25) is 5.96 Å². The van der Waals surface area contributed by atoms with Crippen LogP contribution in [0.3, 0.4) is 0 Å². The lowest BCUT2D eigenvalue weighted by Gasteiger charge is -2.21. The molecule has 1 heterocycles. The molecule has 1 aromatic heterocycles. The highest BCUT2D eigenvalue weighted by Crippen LogP contribution is 2.35. The Morgan fingerprint density at radius 1 is 1.59 bits per heavy atom. The van der Waals surface area contributed by atoms with Crippen molar-refractivity contribution < 1.29 is 0 Å². The molecule has 0 saturated carbocycles. The quantitative estimate of drug-likeness (QED) is 0.326. The lowest BCUT2D eigenvalue weighted by molar-refractivity contribution is 0.570. The van der Waals surface area contributed by atoms with Crippen LogP contribution in [-0.4, -0.2) is 12.0 Å². The van der Waals surface area contributed by atoms with E-state index in [4.69, 9.17) is 5.84 Å². The summed E-state index contributed by atoms with van der Waals surface area (Å²) in [6.07, 6.45) is 3.51. The number of hydrogen-bond donors (Lipinski definition) is 3. The molecule has 5 heteroatoms. The van der Waals surface area contributed by atoms with E-state index in [2.05, 4.69) is 41.0 Å². The molecule has 17 heavy (non-hydrogen) atoms. The van der Waals surface area contributed by atoms with Gasteiger partial charge in [0.25, 0.3) is 0 Å². The summed E-state index contributed by atoms with van der Waals surface area (Å²) in [5.41, 5.74) is 4.02. The number of fused-ring (bicyclic) bond motifs is 1. The number of rotatable bonds is 2. The molecule has 0 radical (unpaired) electrons. The van der Waals surface area contributed by atoms with Crippen molar-refractivity contribution in [1.29, 1.82) is 0 Å². The summed E-state index contributed by atoms with van der Waals surface area (Å²) in [7, 11) is 0.